The largest absolute Gasteiger partial charge is 0.457 e. The number of cyclic esters (lactones) is 1. The summed E-state index contributed by atoms with van der Waals surface area (Å²) in [6.45, 7) is 10.4. The molecule has 182 valence electrons. The fourth-order valence-electron chi connectivity index (χ4n) is 4.94. The van der Waals surface area contributed by atoms with Gasteiger partial charge in [0, 0.05) is 44.5 Å². The number of nitrogens with zero attached hydrogens (tertiary/aromatic N) is 7. The Kier molecular flexibility index (Phi) is 6.29. The van der Waals surface area contributed by atoms with Gasteiger partial charge in [-0.3, -0.25) is 9.69 Å². The molecule has 1 atom stereocenters. The molecule has 0 spiro atoms. The average molecular weight is 476 g/mol. The maximum absolute atomic E-state index is 13.2. The Morgan fingerprint density at radius 2 is 1.97 bits per heavy atom. The maximum Gasteiger partial charge on any atom is 0.338 e. The Morgan fingerprint density at radius 3 is 2.69 bits per heavy atom. The van der Waals surface area contributed by atoms with Crippen LogP contribution in [0.3, 0.4) is 0 Å². The van der Waals surface area contributed by atoms with Crippen LogP contribution in [0.4, 0.5) is 0 Å². The number of benzene rings is 1. The molecule has 2 aliphatic heterocycles. The molecule has 0 aliphatic carbocycles. The Balaban J connectivity index is 1.15. The van der Waals surface area contributed by atoms with E-state index in [0.29, 0.717) is 31.1 Å². The first kappa shape index (κ1) is 23.1. The number of hydrogen-bond donors (Lipinski definition) is 0. The van der Waals surface area contributed by atoms with Gasteiger partial charge in [0.2, 0.25) is 5.91 Å². The molecular formula is C25H29N7O3. The van der Waals surface area contributed by atoms with Crippen molar-refractivity contribution < 1.29 is 14.3 Å². The number of rotatable bonds is 6. The van der Waals surface area contributed by atoms with Gasteiger partial charge in [-0.05, 0) is 72.0 Å². The third-order valence-corrected chi connectivity index (χ3v) is 7.22. The van der Waals surface area contributed by atoms with Crippen LogP contribution in [0, 0.1) is 13.8 Å². The molecule has 5 rings (SSSR count). The molecule has 1 aromatic carbocycles. The zero-order valence-electron chi connectivity index (χ0n) is 20.3. The van der Waals surface area contributed by atoms with Crippen molar-refractivity contribution in [1.82, 2.24) is 35.0 Å². The molecule has 10 heteroatoms. The molecule has 1 amide bonds. The summed E-state index contributed by atoms with van der Waals surface area (Å²) in [7, 11) is 0. The molecule has 4 heterocycles. The van der Waals surface area contributed by atoms with Gasteiger partial charge < -0.3 is 9.64 Å². The number of aromatic nitrogens is 5. The molecular weight excluding hydrogens is 446 g/mol. The van der Waals surface area contributed by atoms with E-state index in [-0.39, 0.29) is 17.8 Å². The van der Waals surface area contributed by atoms with Crippen LogP contribution >= 0.6 is 0 Å². The molecule has 2 aliphatic rings. The zero-order chi connectivity index (χ0) is 24.5. The summed E-state index contributed by atoms with van der Waals surface area (Å²) in [5.74, 6) is 0.265. The van der Waals surface area contributed by atoms with Crippen LogP contribution in [0.5, 0.6) is 0 Å². The van der Waals surface area contributed by atoms with E-state index in [1.807, 2.05) is 36.9 Å². The number of carbonyl (C=O) groups excluding carboxylic acids is 2. The first-order valence-corrected chi connectivity index (χ1v) is 11.9. The van der Waals surface area contributed by atoms with Crippen LogP contribution in [-0.4, -0.2) is 79.6 Å². The van der Waals surface area contributed by atoms with Gasteiger partial charge in [0.05, 0.1) is 11.5 Å². The number of fused-ring (bicyclic) bond motifs is 1. The second-order valence-corrected chi connectivity index (χ2v) is 9.24. The Morgan fingerprint density at radius 1 is 1.17 bits per heavy atom. The predicted octanol–water partition coefficient (Wildman–Crippen LogP) is 1.83. The maximum atomic E-state index is 13.2. The Labute approximate surface area is 203 Å². The molecule has 0 radical (unpaired) electrons. The lowest BCUT2D eigenvalue weighted by Crippen LogP contribution is -2.50. The van der Waals surface area contributed by atoms with Crippen LogP contribution in [-0.2, 0) is 22.6 Å². The molecule has 10 nitrogen and oxygen atoms in total. The first-order valence-electron chi connectivity index (χ1n) is 11.9. The van der Waals surface area contributed by atoms with Crippen LogP contribution in [0.25, 0.3) is 5.82 Å². The number of tetrazole rings is 1. The molecule has 3 aromatic rings. The molecule has 0 N–H and O–H groups in total. The molecule has 1 saturated heterocycles. The number of amides is 1. The van der Waals surface area contributed by atoms with Gasteiger partial charge in [-0.25, -0.2) is 9.78 Å². The fraction of sp³-hybridized carbons (Fsp3) is 0.440. The van der Waals surface area contributed by atoms with E-state index in [4.69, 9.17) is 4.74 Å². The minimum Gasteiger partial charge on any atom is -0.457 e. The van der Waals surface area contributed by atoms with Gasteiger partial charge in [-0.15, -0.1) is 5.10 Å². The third kappa shape index (κ3) is 4.53. The van der Waals surface area contributed by atoms with Crippen molar-refractivity contribution in [3.63, 3.8) is 0 Å². The number of ether oxygens (including phenoxy) is 1. The number of hydrogen-bond acceptors (Lipinski definition) is 8. The van der Waals surface area contributed by atoms with Crippen LogP contribution in [0.15, 0.2) is 30.7 Å². The van der Waals surface area contributed by atoms with E-state index in [2.05, 4.69) is 32.3 Å². The monoisotopic (exact) mass is 475 g/mol. The van der Waals surface area contributed by atoms with E-state index in [1.165, 1.54) is 16.6 Å². The van der Waals surface area contributed by atoms with Gasteiger partial charge in [0.25, 0.3) is 0 Å². The SMILES string of the molecule is Cc1cc(-n2cnnn2)ncc1C(C)C(=O)N1CCN(CCc2ccc3c(c2C)COC3=O)CC1. The summed E-state index contributed by atoms with van der Waals surface area (Å²) in [6.07, 6.45) is 4.16. The van der Waals surface area contributed by atoms with Crippen molar-refractivity contribution in [1.29, 1.82) is 0 Å². The molecule has 0 bridgehead atoms. The number of esters is 1. The second-order valence-electron chi connectivity index (χ2n) is 9.24. The molecule has 0 saturated carbocycles. The second kappa shape index (κ2) is 9.53. The van der Waals surface area contributed by atoms with Crippen molar-refractivity contribution >= 4 is 11.9 Å². The van der Waals surface area contributed by atoms with Crippen molar-refractivity contribution in [2.75, 3.05) is 32.7 Å². The lowest BCUT2D eigenvalue weighted by molar-refractivity contribution is -0.134. The van der Waals surface area contributed by atoms with Crippen molar-refractivity contribution in [3.05, 3.63) is 64.1 Å². The number of aryl methyl sites for hydroxylation is 1. The summed E-state index contributed by atoms with van der Waals surface area (Å²) in [5.41, 5.74) is 6.04. The number of carbonyl (C=O) groups is 2. The summed E-state index contributed by atoms with van der Waals surface area (Å²) >= 11 is 0. The van der Waals surface area contributed by atoms with E-state index in [0.717, 1.165) is 48.3 Å². The third-order valence-electron chi connectivity index (χ3n) is 7.22. The Bertz CT molecular complexity index is 1250. The number of piperazine rings is 1. The lowest BCUT2D eigenvalue weighted by atomic mass is 9.96. The number of pyridine rings is 1. The minimum atomic E-state index is -0.268. The highest BCUT2D eigenvalue weighted by Crippen LogP contribution is 2.27. The van der Waals surface area contributed by atoms with E-state index >= 15 is 0 Å². The van der Waals surface area contributed by atoms with Crippen LogP contribution in [0.2, 0.25) is 0 Å². The van der Waals surface area contributed by atoms with Crippen molar-refractivity contribution in [3.8, 4) is 5.82 Å². The highest BCUT2D eigenvalue weighted by atomic mass is 16.5. The van der Waals surface area contributed by atoms with Crippen LogP contribution < -0.4 is 0 Å². The standard InChI is InChI=1S/C25H29N7O3/c1-16-12-23(32-15-27-28-29-32)26-13-21(16)18(3)24(33)31-10-8-30(9-11-31)7-6-19-4-5-20-22(17(19)2)14-35-25(20)34/h4-5,12-13,15,18H,6-11,14H2,1-3H3. The summed E-state index contributed by atoms with van der Waals surface area (Å²) in [4.78, 5) is 33.8. The zero-order valence-corrected chi connectivity index (χ0v) is 20.3. The fourth-order valence-corrected chi connectivity index (χ4v) is 4.94. The van der Waals surface area contributed by atoms with Gasteiger partial charge in [0.1, 0.15) is 12.9 Å². The molecule has 1 unspecified atom stereocenters. The minimum absolute atomic E-state index is 0.129. The quantitative estimate of drug-likeness (QED) is 0.497. The van der Waals surface area contributed by atoms with Gasteiger partial charge in [0.15, 0.2) is 5.82 Å². The Hall–Kier alpha value is -3.66. The highest BCUT2D eigenvalue weighted by Gasteiger charge is 2.28. The average Bonchev–Trinajstić information content (AvgIpc) is 3.54. The molecule has 35 heavy (non-hydrogen) atoms. The topological polar surface area (TPSA) is 106 Å². The van der Waals surface area contributed by atoms with Gasteiger partial charge in [-0.1, -0.05) is 6.07 Å². The van der Waals surface area contributed by atoms with E-state index in [9.17, 15) is 9.59 Å². The van der Waals surface area contributed by atoms with Crippen molar-refractivity contribution in [2.24, 2.45) is 0 Å². The van der Waals surface area contributed by atoms with Crippen LogP contribution in [0.1, 0.15) is 51.0 Å². The summed E-state index contributed by atoms with van der Waals surface area (Å²) in [5, 5.41) is 11.2. The van der Waals surface area contributed by atoms with E-state index in [1.54, 1.807) is 6.20 Å². The lowest BCUT2D eigenvalue weighted by Gasteiger charge is -2.36. The van der Waals surface area contributed by atoms with E-state index < -0.39 is 0 Å². The van der Waals surface area contributed by atoms with Gasteiger partial charge >= 0.3 is 5.97 Å². The summed E-state index contributed by atoms with van der Waals surface area (Å²) in [6, 6.07) is 5.83. The normalized spacial score (nSPS) is 16.8. The highest BCUT2D eigenvalue weighted by molar-refractivity contribution is 5.93. The smallest absolute Gasteiger partial charge is 0.338 e. The van der Waals surface area contributed by atoms with Gasteiger partial charge in [-0.2, -0.15) is 4.68 Å². The first-order chi connectivity index (χ1) is 16.9. The molecule has 1 fully saturated rings. The predicted molar refractivity (Wildman–Crippen MR) is 127 cm³/mol. The summed E-state index contributed by atoms with van der Waals surface area (Å²) < 4.78 is 6.67. The molecule has 2 aromatic heterocycles. The van der Waals surface area contributed by atoms with Crippen molar-refractivity contribution in [2.45, 2.75) is 39.7 Å².